The number of anilines is 1. The van der Waals surface area contributed by atoms with Crippen molar-refractivity contribution in [3.63, 3.8) is 0 Å². The third kappa shape index (κ3) is 4.41. The van der Waals surface area contributed by atoms with Gasteiger partial charge in [-0.25, -0.2) is 0 Å². The van der Waals surface area contributed by atoms with Gasteiger partial charge in [0.15, 0.2) is 0 Å². The Balaban J connectivity index is 1.78. The molecule has 98 valence electrons. The van der Waals surface area contributed by atoms with E-state index in [0.29, 0.717) is 6.54 Å². The summed E-state index contributed by atoms with van der Waals surface area (Å²) in [6.45, 7) is 0.812. The van der Waals surface area contributed by atoms with E-state index in [4.69, 9.17) is 0 Å². The SMILES string of the molecule is O=C(CNc1ccccc1Br)NCc1ccccc1. The largest absolute Gasteiger partial charge is 0.375 e. The summed E-state index contributed by atoms with van der Waals surface area (Å²) < 4.78 is 0.950. The van der Waals surface area contributed by atoms with Gasteiger partial charge in [-0.2, -0.15) is 0 Å². The van der Waals surface area contributed by atoms with Crippen molar-refractivity contribution in [3.8, 4) is 0 Å². The highest BCUT2D eigenvalue weighted by molar-refractivity contribution is 9.10. The summed E-state index contributed by atoms with van der Waals surface area (Å²) in [5, 5.41) is 5.96. The van der Waals surface area contributed by atoms with E-state index in [0.717, 1.165) is 15.7 Å². The molecule has 0 atom stereocenters. The number of carbonyl (C=O) groups excluding carboxylic acids is 1. The maximum Gasteiger partial charge on any atom is 0.239 e. The van der Waals surface area contributed by atoms with E-state index in [1.807, 2.05) is 54.6 Å². The van der Waals surface area contributed by atoms with E-state index < -0.39 is 0 Å². The first-order valence-electron chi connectivity index (χ1n) is 6.05. The molecule has 2 rings (SSSR count). The zero-order valence-electron chi connectivity index (χ0n) is 10.4. The van der Waals surface area contributed by atoms with Crippen LogP contribution in [-0.4, -0.2) is 12.5 Å². The van der Waals surface area contributed by atoms with Gasteiger partial charge in [0.05, 0.1) is 6.54 Å². The molecule has 0 saturated heterocycles. The minimum atomic E-state index is -0.0281. The topological polar surface area (TPSA) is 41.1 Å². The van der Waals surface area contributed by atoms with Gasteiger partial charge in [0.1, 0.15) is 0 Å². The van der Waals surface area contributed by atoms with Crippen LogP contribution in [0.2, 0.25) is 0 Å². The highest BCUT2D eigenvalue weighted by Gasteiger charge is 2.02. The second-order valence-corrected chi connectivity index (χ2v) is 4.95. The molecule has 2 aromatic rings. The number of halogens is 1. The van der Waals surface area contributed by atoms with Crippen molar-refractivity contribution in [2.24, 2.45) is 0 Å². The molecule has 0 unspecified atom stereocenters. The number of benzene rings is 2. The minimum Gasteiger partial charge on any atom is -0.375 e. The van der Waals surface area contributed by atoms with Gasteiger partial charge in [-0.15, -0.1) is 0 Å². The predicted octanol–water partition coefficient (Wildman–Crippen LogP) is 3.18. The first kappa shape index (κ1) is 13.6. The first-order chi connectivity index (χ1) is 9.25. The molecular formula is C15H15BrN2O. The summed E-state index contributed by atoms with van der Waals surface area (Å²) in [4.78, 5) is 11.7. The third-order valence-corrected chi connectivity index (χ3v) is 3.34. The normalized spacial score (nSPS) is 9.95. The number of rotatable bonds is 5. The molecule has 0 spiro atoms. The summed E-state index contributed by atoms with van der Waals surface area (Å²) >= 11 is 3.43. The standard InChI is InChI=1S/C15H15BrN2O/c16-13-8-4-5-9-14(13)17-11-15(19)18-10-12-6-2-1-3-7-12/h1-9,17H,10-11H2,(H,18,19). The molecule has 2 N–H and O–H groups in total. The summed E-state index contributed by atoms with van der Waals surface area (Å²) in [5.74, 6) is -0.0281. The summed E-state index contributed by atoms with van der Waals surface area (Å²) in [5.41, 5.74) is 2.01. The second kappa shape index (κ2) is 6.95. The number of hydrogen-bond donors (Lipinski definition) is 2. The van der Waals surface area contributed by atoms with Gasteiger partial charge < -0.3 is 10.6 Å². The van der Waals surface area contributed by atoms with Crippen LogP contribution in [0, 0.1) is 0 Å². The van der Waals surface area contributed by atoms with Gasteiger partial charge in [0, 0.05) is 16.7 Å². The van der Waals surface area contributed by atoms with Crippen LogP contribution >= 0.6 is 15.9 Å². The molecular weight excluding hydrogens is 304 g/mol. The fourth-order valence-corrected chi connectivity index (χ4v) is 2.06. The molecule has 2 aromatic carbocycles. The van der Waals surface area contributed by atoms with Crippen LogP contribution in [0.3, 0.4) is 0 Å². The molecule has 4 heteroatoms. The molecule has 3 nitrogen and oxygen atoms in total. The fourth-order valence-electron chi connectivity index (χ4n) is 1.64. The Morgan fingerprint density at radius 3 is 2.42 bits per heavy atom. The lowest BCUT2D eigenvalue weighted by molar-refractivity contribution is -0.119. The molecule has 19 heavy (non-hydrogen) atoms. The Kier molecular flexibility index (Phi) is 4.98. The molecule has 0 fully saturated rings. The maximum absolute atomic E-state index is 11.7. The lowest BCUT2D eigenvalue weighted by atomic mass is 10.2. The highest BCUT2D eigenvalue weighted by atomic mass is 79.9. The van der Waals surface area contributed by atoms with E-state index >= 15 is 0 Å². The van der Waals surface area contributed by atoms with Crippen LogP contribution < -0.4 is 10.6 Å². The third-order valence-electron chi connectivity index (χ3n) is 2.65. The van der Waals surface area contributed by atoms with Crippen LogP contribution in [0.25, 0.3) is 0 Å². The summed E-state index contributed by atoms with van der Waals surface area (Å²) in [6, 6.07) is 17.6. The number of carbonyl (C=O) groups is 1. The van der Waals surface area contributed by atoms with Crippen LogP contribution in [-0.2, 0) is 11.3 Å². The molecule has 0 aliphatic carbocycles. The van der Waals surface area contributed by atoms with Gasteiger partial charge in [0.2, 0.25) is 5.91 Å². The van der Waals surface area contributed by atoms with Crippen molar-refractivity contribution in [2.75, 3.05) is 11.9 Å². The molecule has 0 aliphatic heterocycles. The van der Waals surface area contributed by atoms with Crippen molar-refractivity contribution >= 4 is 27.5 Å². The second-order valence-electron chi connectivity index (χ2n) is 4.10. The van der Waals surface area contributed by atoms with E-state index in [1.54, 1.807) is 0 Å². The summed E-state index contributed by atoms with van der Waals surface area (Å²) in [7, 11) is 0. The highest BCUT2D eigenvalue weighted by Crippen LogP contribution is 2.20. The van der Waals surface area contributed by atoms with E-state index in [2.05, 4.69) is 26.6 Å². The van der Waals surface area contributed by atoms with Crippen LogP contribution in [0.1, 0.15) is 5.56 Å². The Labute approximate surface area is 121 Å². The van der Waals surface area contributed by atoms with E-state index in [9.17, 15) is 4.79 Å². The molecule has 0 bridgehead atoms. The number of para-hydroxylation sites is 1. The lowest BCUT2D eigenvalue weighted by Crippen LogP contribution is -2.29. The van der Waals surface area contributed by atoms with Gasteiger partial charge in [0.25, 0.3) is 0 Å². The van der Waals surface area contributed by atoms with Gasteiger partial charge >= 0.3 is 0 Å². The van der Waals surface area contributed by atoms with Gasteiger partial charge in [-0.1, -0.05) is 42.5 Å². The Morgan fingerprint density at radius 1 is 1.00 bits per heavy atom. The van der Waals surface area contributed by atoms with Crippen molar-refractivity contribution in [1.29, 1.82) is 0 Å². The Hall–Kier alpha value is -1.81. The maximum atomic E-state index is 11.7. The smallest absolute Gasteiger partial charge is 0.239 e. The number of nitrogens with one attached hydrogen (secondary N) is 2. The summed E-state index contributed by atoms with van der Waals surface area (Å²) in [6.07, 6.45) is 0. The van der Waals surface area contributed by atoms with Crippen molar-refractivity contribution in [2.45, 2.75) is 6.54 Å². The monoisotopic (exact) mass is 318 g/mol. The van der Waals surface area contributed by atoms with Crippen molar-refractivity contribution < 1.29 is 4.79 Å². The zero-order valence-corrected chi connectivity index (χ0v) is 12.0. The Bertz CT molecular complexity index is 543. The first-order valence-corrected chi connectivity index (χ1v) is 6.84. The number of amides is 1. The van der Waals surface area contributed by atoms with Crippen LogP contribution in [0.4, 0.5) is 5.69 Å². The van der Waals surface area contributed by atoms with Crippen LogP contribution in [0.5, 0.6) is 0 Å². The fraction of sp³-hybridized carbons (Fsp3) is 0.133. The molecule has 0 saturated carbocycles. The number of hydrogen-bond acceptors (Lipinski definition) is 2. The molecule has 0 heterocycles. The van der Waals surface area contributed by atoms with E-state index in [1.165, 1.54) is 0 Å². The zero-order chi connectivity index (χ0) is 13.5. The Morgan fingerprint density at radius 2 is 1.68 bits per heavy atom. The lowest BCUT2D eigenvalue weighted by Gasteiger charge is -2.09. The average molecular weight is 319 g/mol. The van der Waals surface area contributed by atoms with Gasteiger partial charge in [-0.3, -0.25) is 4.79 Å². The molecule has 0 aromatic heterocycles. The quantitative estimate of drug-likeness (QED) is 0.889. The average Bonchev–Trinajstić information content (AvgIpc) is 2.45. The minimum absolute atomic E-state index is 0.0281. The predicted molar refractivity (Wildman–Crippen MR) is 80.9 cm³/mol. The van der Waals surface area contributed by atoms with Crippen LogP contribution in [0.15, 0.2) is 59.1 Å². The molecule has 0 aliphatic rings. The van der Waals surface area contributed by atoms with E-state index in [-0.39, 0.29) is 12.5 Å². The molecule has 0 radical (unpaired) electrons. The van der Waals surface area contributed by atoms with Crippen molar-refractivity contribution in [1.82, 2.24) is 5.32 Å². The van der Waals surface area contributed by atoms with Crippen molar-refractivity contribution in [3.05, 3.63) is 64.6 Å². The molecule has 1 amide bonds. The van der Waals surface area contributed by atoms with Gasteiger partial charge in [-0.05, 0) is 33.6 Å².